The van der Waals surface area contributed by atoms with E-state index in [0.717, 1.165) is 5.69 Å². The highest BCUT2D eigenvalue weighted by Gasteiger charge is 2.37. The van der Waals surface area contributed by atoms with Crippen molar-refractivity contribution in [2.45, 2.75) is 72.1 Å². The summed E-state index contributed by atoms with van der Waals surface area (Å²) in [4.78, 5) is 49.4. The molecule has 0 N–H and O–H groups in total. The first-order valence-corrected chi connectivity index (χ1v) is 11.0. The Hall–Kier alpha value is -2.91. The Morgan fingerprint density at radius 2 is 1.67 bits per heavy atom. The van der Waals surface area contributed by atoms with Gasteiger partial charge in [-0.2, -0.15) is 0 Å². The Morgan fingerprint density at radius 1 is 1.03 bits per heavy atom. The van der Waals surface area contributed by atoms with Crippen LogP contribution in [0, 0.1) is 12.8 Å². The number of ether oxygens (including phenoxy) is 3. The number of rotatable bonds is 10. The van der Waals surface area contributed by atoms with Crippen molar-refractivity contribution >= 4 is 18.0 Å². The van der Waals surface area contributed by atoms with Crippen molar-refractivity contribution in [2.24, 2.45) is 5.92 Å². The van der Waals surface area contributed by atoms with Gasteiger partial charge in [0.1, 0.15) is 17.7 Å². The van der Waals surface area contributed by atoms with E-state index in [2.05, 4.69) is 9.97 Å². The van der Waals surface area contributed by atoms with Crippen LogP contribution >= 0.6 is 0 Å². The first kappa shape index (κ1) is 28.1. The predicted molar refractivity (Wildman–Crippen MR) is 123 cm³/mol. The maximum absolute atomic E-state index is 13.4. The average molecular weight is 467 g/mol. The third-order valence-corrected chi connectivity index (χ3v) is 4.82. The van der Waals surface area contributed by atoms with Gasteiger partial charge in [0.25, 0.3) is 0 Å². The SMILES string of the molecule is COC(=O)C(CCOc1cnc(C)cn1)N(C)C(=O)[C@H](CC(C)C)N(C)C(=O)OC(C)(C)C. The topological polar surface area (TPSA) is 111 Å². The van der Waals surface area contributed by atoms with Gasteiger partial charge < -0.3 is 19.1 Å². The summed E-state index contributed by atoms with van der Waals surface area (Å²) in [6, 6.07) is -1.71. The number of amides is 2. The Bertz CT molecular complexity index is 791. The summed E-state index contributed by atoms with van der Waals surface area (Å²) in [6.45, 7) is 11.1. The van der Waals surface area contributed by atoms with Crippen molar-refractivity contribution in [3.8, 4) is 5.88 Å². The van der Waals surface area contributed by atoms with Crippen LogP contribution in [0.5, 0.6) is 5.88 Å². The minimum atomic E-state index is -0.900. The molecule has 2 atom stereocenters. The van der Waals surface area contributed by atoms with E-state index in [1.165, 1.54) is 37.2 Å². The molecule has 0 aliphatic heterocycles. The second-order valence-electron chi connectivity index (χ2n) is 9.36. The highest BCUT2D eigenvalue weighted by molar-refractivity contribution is 5.89. The zero-order chi connectivity index (χ0) is 25.3. The maximum Gasteiger partial charge on any atom is 0.410 e. The van der Waals surface area contributed by atoms with Crippen molar-refractivity contribution in [3.05, 3.63) is 18.1 Å². The van der Waals surface area contributed by atoms with Gasteiger partial charge in [-0.3, -0.25) is 14.7 Å². The molecule has 186 valence electrons. The molecule has 0 radical (unpaired) electrons. The standard InChI is InChI=1S/C23H38N4O6/c1-15(2)12-18(27(8)22(30)33-23(4,5)6)20(28)26(7)17(21(29)31-9)10-11-32-19-14-24-16(3)13-25-19/h13-15,17-18H,10-12H2,1-9H3/t17?,18-/m0/s1. The lowest BCUT2D eigenvalue weighted by Crippen LogP contribution is -2.54. The zero-order valence-corrected chi connectivity index (χ0v) is 21.2. The predicted octanol–water partition coefficient (Wildman–Crippen LogP) is 2.84. The van der Waals surface area contributed by atoms with Crippen LogP contribution in [0.2, 0.25) is 0 Å². The van der Waals surface area contributed by atoms with Gasteiger partial charge in [-0.25, -0.2) is 14.6 Å². The molecule has 0 aliphatic rings. The van der Waals surface area contributed by atoms with E-state index in [4.69, 9.17) is 14.2 Å². The van der Waals surface area contributed by atoms with Gasteiger partial charge in [0.05, 0.1) is 31.8 Å². The van der Waals surface area contributed by atoms with Gasteiger partial charge in [-0.15, -0.1) is 0 Å². The maximum atomic E-state index is 13.4. The van der Waals surface area contributed by atoms with Crippen LogP contribution in [0.15, 0.2) is 12.4 Å². The molecule has 0 spiro atoms. The first-order valence-electron chi connectivity index (χ1n) is 11.0. The third-order valence-electron chi connectivity index (χ3n) is 4.82. The summed E-state index contributed by atoms with van der Waals surface area (Å²) in [7, 11) is 4.31. The van der Waals surface area contributed by atoms with Gasteiger partial charge in [-0.1, -0.05) is 13.8 Å². The molecule has 2 amide bonds. The highest BCUT2D eigenvalue weighted by atomic mass is 16.6. The number of hydrogen-bond donors (Lipinski definition) is 0. The largest absolute Gasteiger partial charge is 0.476 e. The van der Waals surface area contributed by atoms with Gasteiger partial charge in [0.15, 0.2) is 0 Å². The Balaban J connectivity index is 2.99. The van der Waals surface area contributed by atoms with Gasteiger partial charge in [0, 0.05) is 20.5 Å². The van der Waals surface area contributed by atoms with Gasteiger partial charge in [-0.05, 0) is 40.0 Å². The van der Waals surface area contributed by atoms with Crippen LogP contribution in [0.3, 0.4) is 0 Å². The summed E-state index contributed by atoms with van der Waals surface area (Å²) in [6.07, 6.45) is 3.04. The summed E-state index contributed by atoms with van der Waals surface area (Å²) in [5, 5.41) is 0. The molecule has 0 aliphatic carbocycles. The lowest BCUT2D eigenvalue weighted by Gasteiger charge is -2.35. The van der Waals surface area contributed by atoms with Crippen LogP contribution in [0.4, 0.5) is 4.79 Å². The van der Waals surface area contributed by atoms with Crippen molar-refractivity contribution in [3.63, 3.8) is 0 Å². The monoisotopic (exact) mass is 466 g/mol. The molecule has 0 saturated carbocycles. The van der Waals surface area contributed by atoms with Crippen molar-refractivity contribution < 1.29 is 28.6 Å². The number of likely N-dealkylation sites (N-methyl/N-ethyl adjacent to an activating group) is 2. The van der Waals surface area contributed by atoms with E-state index in [1.807, 2.05) is 20.8 Å². The summed E-state index contributed by atoms with van der Waals surface area (Å²) < 4.78 is 15.9. The molecular formula is C23H38N4O6. The zero-order valence-electron chi connectivity index (χ0n) is 21.2. The second kappa shape index (κ2) is 12.4. The average Bonchev–Trinajstić information content (AvgIpc) is 2.73. The minimum absolute atomic E-state index is 0.117. The summed E-state index contributed by atoms with van der Waals surface area (Å²) >= 11 is 0. The van der Waals surface area contributed by atoms with Crippen molar-refractivity contribution in [1.82, 2.24) is 19.8 Å². The summed E-state index contributed by atoms with van der Waals surface area (Å²) in [5.74, 6) is -0.520. The Kier molecular flexibility index (Phi) is 10.5. The molecule has 10 nitrogen and oxygen atoms in total. The molecule has 0 bridgehead atoms. The van der Waals surface area contributed by atoms with E-state index in [-0.39, 0.29) is 24.9 Å². The number of aryl methyl sites for hydroxylation is 1. The Morgan fingerprint density at radius 3 is 2.15 bits per heavy atom. The lowest BCUT2D eigenvalue weighted by molar-refractivity contribution is -0.154. The lowest BCUT2D eigenvalue weighted by atomic mass is 10.0. The Labute approximate surface area is 196 Å². The first-order chi connectivity index (χ1) is 15.3. The number of carbonyl (C=O) groups excluding carboxylic acids is 3. The molecule has 1 aromatic rings. The fourth-order valence-electron chi connectivity index (χ4n) is 3.06. The molecule has 0 saturated heterocycles. The number of aromatic nitrogens is 2. The fraction of sp³-hybridized carbons (Fsp3) is 0.696. The van der Waals surface area contributed by atoms with Crippen LogP contribution in [-0.4, -0.2) is 83.2 Å². The van der Waals surface area contributed by atoms with Crippen molar-refractivity contribution in [2.75, 3.05) is 27.8 Å². The fourth-order valence-corrected chi connectivity index (χ4v) is 3.06. The van der Waals surface area contributed by atoms with Crippen molar-refractivity contribution in [1.29, 1.82) is 0 Å². The molecule has 33 heavy (non-hydrogen) atoms. The molecule has 0 fully saturated rings. The van der Waals surface area contributed by atoms with E-state index in [1.54, 1.807) is 27.0 Å². The smallest absolute Gasteiger partial charge is 0.410 e. The van der Waals surface area contributed by atoms with Crippen LogP contribution < -0.4 is 4.74 Å². The van der Waals surface area contributed by atoms with E-state index < -0.39 is 29.7 Å². The van der Waals surface area contributed by atoms with E-state index >= 15 is 0 Å². The van der Waals surface area contributed by atoms with Gasteiger partial charge >= 0.3 is 12.1 Å². The van der Waals surface area contributed by atoms with E-state index in [9.17, 15) is 14.4 Å². The normalized spacial score (nSPS) is 13.2. The molecular weight excluding hydrogens is 428 g/mol. The molecule has 1 heterocycles. The molecule has 1 unspecified atom stereocenters. The number of nitrogens with zero attached hydrogens (tertiary/aromatic N) is 4. The highest BCUT2D eigenvalue weighted by Crippen LogP contribution is 2.19. The van der Waals surface area contributed by atoms with Crippen LogP contribution in [0.1, 0.15) is 53.2 Å². The number of hydrogen-bond acceptors (Lipinski definition) is 8. The molecule has 1 rings (SSSR count). The van der Waals surface area contributed by atoms with Crippen LogP contribution in [-0.2, 0) is 19.1 Å². The van der Waals surface area contributed by atoms with Crippen LogP contribution in [0.25, 0.3) is 0 Å². The number of carbonyl (C=O) groups is 3. The van der Waals surface area contributed by atoms with Gasteiger partial charge in [0.2, 0.25) is 11.8 Å². The molecule has 1 aromatic heterocycles. The molecule has 10 heteroatoms. The quantitative estimate of drug-likeness (QED) is 0.484. The number of esters is 1. The minimum Gasteiger partial charge on any atom is -0.476 e. The summed E-state index contributed by atoms with van der Waals surface area (Å²) in [5.41, 5.74) is 0.0541. The molecule has 0 aromatic carbocycles. The third kappa shape index (κ3) is 9.23. The number of methoxy groups -OCH3 is 1. The van der Waals surface area contributed by atoms with E-state index in [0.29, 0.717) is 12.3 Å². The second-order valence-corrected chi connectivity index (χ2v) is 9.36.